The monoisotopic (exact) mass is 412 g/mol. The number of thiophene rings is 1. The number of aliphatic hydroxyl groups excluding tert-OH is 1. The summed E-state index contributed by atoms with van der Waals surface area (Å²) in [4.78, 5) is 30.2. The van der Waals surface area contributed by atoms with E-state index in [0.717, 1.165) is 24.1 Å². The van der Waals surface area contributed by atoms with Gasteiger partial charge in [0.15, 0.2) is 5.76 Å². The van der Waals surface area contributed by atoms with Crippen molar-refractivity contribution in [2.75, 3.05) is 32.1 Å². The molecule has 29 heavy (non-hydrogen) atoms. The van der Waals surface area contributed by atoms with E-state index in [4.69, 9.17) is 4.74 Å². The van der Waals surface area contributed by atoms with Crippen LogP contribution >= 0.6 is 11.3 Å². The summed E-state index contributed by atoms with van der Waals surface area (Å²) in [5, 5.41) is 12.5. The van der Waals surface area contributed by atoms with Crippen molar-refractivity contribution in [3.63, 3.8) is 0 Å². The second-order valence-electron chi connectivity index (χ2n) is 7.55. The number of anilines is 1. The number of amides is 1. The number of rotatable bonds is 6. The number of nitrogens with zero attached hydrogens (tertiary/aromatic N) is 2. The van der Waals surface area contributed by atoms with Gasteiger partial charge in [0, 0.05) is 32.9 Å². The van der Waals surface area contributed by atoms with E-state index >= 15 is 0 Å². The summed E-state index contributed by atoms with van der Waals surface area (Å²) in [7, 11) is 3.91. The van der Waals surface area contributed by atoms with Gasteiger partial charge in [-0.2, -0.15) is 0 Å². The van der Waals surface area contributed by atoms with E-state index in [-0.39, 0.29) is 17.5 Å². The van der Waals surface area contributed by atoms with E-state index in [1.807, 2.05) is 48.6 Å². The standard InChI is InChI=1S/C22H24N2O4S/c1-23(2)15-9-7-14(8-10-15)19-18(20(25)17-6-4-12-29-17)21(26)22(27)24(19)13-16-5-3-11-28-16/h4,6-10,12,16,19,26H,3,5,11,13H2,1-2H3/t16-,19-/m0/s1. The van der Waals surface area contributed by atoms with Crippen LogP contribution in [0.2, 0.25) is 0 Å². The highest BCUT2D eigenvalue weighted by atomic mass is 32.1. The minimum atomic E-state index is -0.627. The van der Waals surface area contributed by atoms with Gasteiger partial charge in [0.25, 0.3) is 5.91 Å². The molecule has 2 aliphatic rings. The quantitative estimate of drug-likeness (QED) is 0.735. The summed E-state index contributed by atoms with van der Waals surface area (Å²) in [6, 6.07) is 10.6. The Kier molecular flexibility index (Phi) is 5.43. The molecule has 1 amide bonds. The van der Waals surface area contributed by atoms with Crippen LogP contribution in [0, 0.1) is 0 Å². The summed E-state index contributed by atoms with van der Waals surface area (Å²) in [5.74, 6) is -1.27. The number of hydrogen-bond donors (Lipinski definition) is 1. The van der Waals surface area contributed by atoms with Gasteiger partial charge in [0.2, 0.25) is 5.78 Å². The maximum absolute atomic E-state index is 13.2. The van der Waals surface area contributed by atoms with Gasteiger partial charge in [0.1, 0.15) is 0 Å². The van der Waals surface area contributed by atoms with Crippen molar-refractivity contribution >= 4 is 28.7 Å². The van der Waals surface area contributed by atoms with Gasteiger partial charge in [-0.05, 0) is 42.0 Å². The lowest BCUT2D eigenvalue weighted by molar-refractivity contribution is -0.131. The molecule has 1 saturated heterocycles. The molecule has 1 aromatic carbocycles. The lowest BCUT2D eigenvalue weighted by Gasteiger charge is -2.29. The Morgan fingerprint density at radius 3 is 2.62 bits per heavy atom. The van der Waals surface area contributed by atoms with Crippen molar-refractivity contribution in [3.8, 4) is 0 Å². The predicted octanol–water partition coefficient (Wildman–Crippen LogP) is 3.57. The van der Waals surface area contributed by atoms with Gasteiger partial charge in [-0.3, -0.25) is 9.59 Å². The number of carbonyl (C=O) groups excluding carboxylic acids is 2. The summed E-state index contributed by atoms with van der Waals surface area (Å²) in [6.07, 6.45) is 1.74. The maximum Gasteiger partial charge on any atom is 0.290 e. The highest BCUT2D eigenvalue weighted by Crippen LogP contribution is 2.40. The lowest BCUT2D eigenvalue weighted by atomic mass is 9.95. The smallest absolute Gasteiger partial charge is 0.290 e. The fourth-order valence-corrected chi connectivity index (χ4v) is 4.60. The summed E-state index contributed by atoms with van der Waals surface area (Å²) in [5.41, 5.74) is 1.96. The summed E-state index contributed by atoms with van der Waals surface area (Å²) >= 11 is 1.30. The SMILES string of the molecule is CN(C)c1ccc([C@H]2C(C(=O)c3cccs3)=C(O)C(=O)N2C[C@@H]2CCCO2)cc1. The topological polar surface area (TPSA) is 70.1 Å². The molecule has 0 aliphatic carbocycles. The molecule has 0 spiro atoms. The molecule has 1 aromatic heterocycles. The van der Waals surface area contributed by atoms with E-state index in [1.54, 1.807) is 17.0 Å². The molecule has 3 heterocycles. The Morgan fingerprint density at radius 1 is 1.28 bits per heavy atom. The molecule has 1 N–H and O–H groups in total. The zero-order valence-corrected chi connectivity index (χ0v) is 17.3. The van der Waals surface area contributed by atoms with E-state index in [1.165, 1.54) is 11.3 Å². The highest BCUT2D eigenvalue weighted by molar-refractivity contribution is 7.12. The zero-order valence-electron chi connectivity index (χ0n) is 16.5. The summed E-state index contributed by atoms with van der Waals surface area (Å²) in [6.45, 7) is 1.03. The van der Waals surface area contributed by atoms with Gasteiger partial charge >= 0.3 is 0 Å². The average Bonchev–Trinajstić information content (AvgIpc) is 3.46. The van der Waals surface area contributed by atoms with Crippen LogP contribution in [0.1, 0.15) is 34.1 Å². The van der Waals surface area contributed by atoms with Crippen molar-refractivity contribution in [2.24, 2.45) is 0 Å². The van der Waals surface area contributed by atoms with Crippen LogP contribution in [-0.2, 0) is 9.53 Å². The van der Waals surface area contributed by atoms with Gasteiger partial charge in [0.05, 0.1) is 22.6 Å². The molecular weight excluding hydrogens is 388 g/mol. The number of benzene rings is 1. The van der Waals surface area contributed by atoms with E-state index in [2.05, 4.69) is 0 Å². The number of ether oxygens (including phenoxy) is 1. The Bertz CT molecular complexity index is 928. The van der Waals surface area contributed by atoms with Crippen LogP contribution < -0.4 is 4.90 Å². The lowest BCUT2D eigenvalue weighted by Crippen LogP contribution is -2.37. The Hall–Kier alpha value is -2.64. The van der Waals surface area contributed by atoms with Gasteiger partial charge in [-0.15, -0.1) is 11.3 Å². The van der Waals surface area contributed by atoms with Crippen LogP contribution in [0.5, 0.6) is 0 Å². The molecule has 0 radical (unpaired) electrons. The van der Waals surface area contributed by atoms with Gasteiger partial charge in [-0.1, -0.05) is 18.2 Å². The number of Topliss-reactive ketones (excluding diaryl/α,β-unsaturated/α-hetero) is 1. The second-order valence-corrected chi connectivity index (χ2v) is 8.50. The molecule has 152 valence electrons. The van der Waals surface area contributed by atoms with Crippen LogP contribution in [-0.4, -0.2) is 55.0 Å². The molecule has 0 saturated carbocycles. The number of hydrogen-bond acceptors (Lipinski definition) is 6. The van der Waals surface area contributed by atoms with Gasteiger partial charge in [-0.25, -0.2) is 0 Å². The summed E-state index contributed by atoms with van der Waals surface area (Å²) < 4.78 is 5.72. The first kappa shape index (κ1) is 19.7. The van der Waals surface area contributed by atoms with Crippen molar-refractivity contribution in [3.05, 3.63) is 63.6 Å². The van der Waals surface area contributed by atoms with Crippen LogP contribution in [0.3, 0.4) is 0 Å². The van der Waals surface area contributed by atoms with Crippen molar-refractivity contribution in [2.45, 2.75) is 25.0 Å². The van der Waals surface area contributed by atoms with E-state index in [9.17, 15) is 14.7 Å². The molecule has 0 bridgehead atoms. The Morgan fingerprint density at radius 2 is 2.03 bits per heavy atom. The average molecular weight is 413 g/mol. The fraction of sp³-hybridized carbons (Fsp3) is 0.364. The van der Waals surface area contributed by atoms with Crippen molar-refractivity contribution in [1.29, 1.82) is 0 Å². The molecule has 6 nitrogen and oxygen atoms in total. The maximum atomic E-state index is 13.2. The minimum absolute atomic E-state index is 0.0773. The Labute approximate surface area is 174 Å². The van der Waals surface area contributed by atoms with E-state index < -0.39 is 17.7 Å². The third-order valence-electron chi connectivity index (χ3n) is 5.44. The normalized spacial score (nSPS) is 21.9. The molecule has 2 aromatic rings. The zero-order chi connectivity index (χ0) is 20.5. The fourth-order valence-electron chi connectivity index (χ4n) is 3.92. The first-order valence-electron chi connectivity index (χ1n) is 9.68. The van der Waals surface area contributed by atoms with Crippen molar-refractivity contribution < 1.29 is 19.4 Å². The molecule has 2 aliphatic heterocycles. The molecule has 1 fully saturated rings. The molecule has 0 unspecified atom stereocenters. The number of aliphatic hydroxyl groups is 1. The largest absolute Gasteiger partial charge is 0.503 e. The first-order valence-corrected chi connectivity index (χ1v) is 10.6. The third kappa shape index (κ3) is 3.68. The van der Waals surface area contributed by atoms with E-state index in [0.29, 0.717) is 18.0 Å². The molecule has 7 heteroatoms. The van der Waals surface area contributed by atoms with Crippen LogP contribution in [0.4, 0.5) is 5.69 Å². The number of carbonyl (C=O) groups is 2. The molecule has 2 atom stereocenters. The third-order valence-corrected chi connectivity index (χ3v) is 6.31. The van der Waals surface area contributed by atoms with Crippen molar-refractivity contribution in [1.82, 2.24) is 4.90 Å². The van der Waals surface area contributed by atoms with Crippen LogP contribution in [0.25, 0.3) is 0 Å². The molecular formula is C22H24N2O4S. The molecule has 4 rings (SSSR count). The Balaban J connectivity index is 1.74. The minimum Gasteiger partial charge on any atom is -0.503 e. The highest BCUT2D eigenvalue weighted by Gasteiger charge is 2.45. The predicted molar refractivity (Wildman–Crippen MR) is 113 cm³/mol. The first-order chi connectivity index (χ1) is 14.0. The second kappa shape index (κ2) is 8.00. The van der Waals surface area contributed by atoms with Gasteiger partial charge < -0.3 is 19.6 Å². The van der Waals surface area contributed by atoms with Crippen LogP contribution in [0.15, 0.2) is 53.1 Å². The number of ketones is 1.